The predicted octanol–water partition coefficient (Wildman–Crippen LogP) is 2.96. The Kier molecular flexibility index (Phi) is 4.74. The van der Waals surface area contributed by atoms with Gasteiger partial charge >= 0.3 is 0 Å². The molecule has 0 atom stereocenters. The first-order valence-corrected chi connectivity index (χ1v) is 6.91. The highest BCUT2D eigenvalue weighted by atomic mass is 32.1. The average Bonchev–Trinajstić information content (AvgIpc) is 2.86. The second-order valence-electron chi connectivity index (χ2n) is 4.71. The van der Waals surface area contributed by atoms with Crippen LogP contribution in [0.15, 0.2) is 23.3 Å². The monoisotopic (exact) mass is 306 g/mol. The fourth-order valence-electron chi connectivity index (χ4n) is 1.85. The third kappa shape index (κ3) is 3.30. The Bertz CT molecular complexity index is 703. The summed E-state index contributed by atoms with van der Waals surface area (Å²) in [6.45, 7) is 4.06. The summed E-state index contributed by atoms with van der Waals surface area (Å²) < 4.78 is 12.6. The molecule has 1 aromatic heterocycles. The molecule has 0 radical (unpaired) electrons. The minimum Gasteiger partial charge on any atom is -0.497 e. The summed E-state index contributed by atoms with van der Waals surface area (Å²) in [6.07, 6.45) is 1.68. The zero-order valence-electron chi connectivity index (χ0n) is 12.5. The van der Waals surface area contributed by atoms with Gasteiger partial charge in [-0.15, -0.1) is 0 Å². The van der Waals surface area contributed by atoms with Crippen LogP contribution in [0, 0.1) is 4.77 Å². The van der Waals surface area contributed by atoms with E-state index in [0.717, 1.165) is 17.1 Å². The van der Waals surface area contributed by atoms with E-state index >= 15 is 0 Å². The van der Waals surface area contributed by atoms with Crippen molar-refractivity contribution in [1.29, 1.82) is 0 Å². The van der Waals surface area contributed by atoms with E-state index in [9.17, 15) is 0 Å². The van der Waals surface area contributed by atoms with E-state index in [0.29, 0.717) is 10.5 Å². The van der Waals surface area contributed by atoms with E-state index in [2.05, 4.69) is 15.3 Å². The summed E-state index contributed by atoms with van der Waals surface area (Å²) in [5, 5.41) is 11.3. The lowest BCUT2D eigenvalue weighted by atomic mass is 10.2. The molecule has 0 spiro atoms. The molecule has 2 aromatic rings. The number of benzene rings is 1. The number of methoxy groups -OCH3 is 2. The van der Waals surface area contributed by atoms with E-state index in [1.165, 1.54) is 0 Å². The van der Waals surface area contributed by atoms with Crippen LogP contribution in [0.3, 0.4) is 0 Å². The van der Waals surface area contributed by atoms with Crippen molar-refractivity contribution in [1.82, 2.24) is 14.9 Å². The average molecular weight is 306 g/mol. The van der Waals surface area contributed by atoms with Crippen LogP contribution in [0.5, 0.6) is 11.5 Å². The third-order valence-electron chi connectivity index (χ3n) is 2.94. The Balaban J connectivity index is 2.42. The molecular weight excluding hydrogens is 288 g/mol. The van der Waals surface area contributed by atoms with Crippen molar-refractivity contribution in [3.05, 3.63) is 34.4 Å². The molecule has 1 heterocycles. The molecule has 21 heavy (non-hydrogen) atoms. The molecule has 112 valence electrons. The Morgan fingerprint density at radius 1 is 1.33 bits per heavy atom. The highest BCUT2D eigenvalue weighted by molar-refractivity contribution is 7.71. The number of ether oxygens (including phenoxy) is 2. The van der Waals surface area contributed by atoms with Gasteiger partial charge in [-0.25, -0.2) is 0 Å². The third-order valence-corrected chi connectivity index (χ3v) is 3.21. The summed E-state index contributed by atoms with van der Waals surface area (Å²) in [7, 11) is 3.23. The second kappa shape index (κ2) is 6.53. The van der Waals surface area contributed by atoms with Gasteiger partial charge in [0.15, 0.2) is 5.82 Å². The quantitative estimate of drug-likeness (QED) is 0.681. The molecule has 0 aliphatic rings. The smallest absolute Gasteiger partial charge is 0.216 e. The van der Waals surface area contributed by atoms with Crippen LogP contribution in [-0.4, -0.2) is 35.3 Å². The zero-order chi connectivity index (χ0) is 15.4. The number of nitrogens with one attached hydrogen (secondary N) is 1. The van der Waals surface area contributed by atoms with Crippen LogP contribution in [0.2, 0.25) is 0 Å². The molecule has 1 N–H and O–H groups in total. The van der Waals surface area contributed by atoms with Gasteiger partial charge in [-0.2, -0.15) is 14.9 Å². The maximum atomic E-state index is 5.32. The Hall–Kier alpha value is -2.15. The molecule has 0 fully saturated rings. The fraction of sp³-hybridized carbons (Fsp3) is 0.357. The Labute approximate surface area is 128 Å². The molecule has 0 aliphatic heterocycles. The number of hydrogen-bond donors (Lipinski definition) is 1. The van der Waals surface area contributed by atoms with Crippen LogP contribution >= 0.6 is 12.2 Å². The summed E-state index contributed by atoms with van der Waals surface area (Å²) in [4.78, 5) is 0. The van der Waals surface area contributed by atoms with Crippen molar-refractivity contribution in [2.75, 3.05) is 14.2 Å². The van der Waals surface area contributed by atoms with E-state index in [4.69, 9.17) is 21.7 Å². The first-order chi connectivity index (χ1) is 10.1. The number of rotatable bonds is 5. The fourth-order valence-corrected chi connectivity index (χ4v) is 2.04. The molecule has 0 saturated heterocycles. The predicted molar refractivity (Wildman–Crippen MR) is 84.0 cm³/mol. The summed E-state index contributed by atoms with van der Waals surface area (Å²) in [5.74, 6) is 2.43. The Morgan fingerprint density at radius 3 is 2.71 bits per heavy atom. The lowest BCUT2D eigenvalue weighted by Gasteiger charge is -2.07. The molecule has 0 unspecified atom stereocenters. The second-order valence-corrected chi connectivity index (χ2v) is 5.09. The first-order valence-electron chi connectivity index (χ1n) is 6.50. The van der Waals surface area contributed by atoms with Gasteiger partial charge in [0.25, 0.3) is 0 Å². The molecule has 6 nitrogen and oxygen atoms in total. The van der Waals surface area contributed by atoms with E-state index in [-0.39, 0.29) is 5.92 Å². The molecule has 0 amide bonds. The number of aromatic amines is 1. The first kappa shape index (κ1) is 15.2. The van der Waals surface area contributed by atoms with Gasteiger partial charge in [-0.3, -0.25) is 5.10 Å². The van der Waals surface area contributed by atoms with Gasteiger partial charge in [-0.1, -0.05) is 13.8 Å². The Morgan fingerprint density at radius 2 is 2.10 bits per heavy atom. The van der Waals surface area contributed by atoms with Gasteiger partial charge in [-0.05, 0) is 30.4 Å². The van der Waals surface area contributed by atoms with Gasteiger partial charge in [0.05, 0.1) is 20.4 Å². The van der Waals surface area contributed by atoms with Crippen molar-refractivity contribution in [3.8, 4) is 11.5 Å². The molecule has 2 rings (SSSR count). The molecule has 0 aliphatic carbocycles. The normalized spacial score (nSPS) is 11.3. The summed E-state index contributed by atoms with van der Waals surface area (Å²) >= 11 is 5.19. The highest BCUT2D eigenvalue weighted by Gasteiger charge is 2.09. The lowest BCUT2D eigenvalue weighted by molar-refractivity contribution is 0.402. The maximum absolute atomic E-state index is 5.32. The maximum Gasteiger partial charge on any atom is 0.216 e. The molecule has 0 saturated carbocycles. The molecule has 0 bridgehead atoms. The van der Waals surface area contributed by atoms with E-state index in [1.54, 1.807) is 25.1 Å². The van der Waals surface area contributed by atoms with Crippen LogP contribution < -0.4 is 9.47 Å². The molecular formula is C14H18N4O2S. The SMILES string of the molecule is COc1ccc(OC)c(/C=N/n2c(C(C)C)n[nH]c2=S)c1. The standard InChI is InChI=1S/C14H18N4O2S/c1-9(2)13-16-17-14(21)18(13)15-8-10-7-11(19-3)5-6-12(10)20-4/h5-9H,1-4H3,(H,17,21)/b15-8+. The highest BCUT2D eigenvalue weighted by Crippen LogP contribution is 2.22. The summed E-state index contributed by atoms with van der Waals surface area (Å²) in [5.41, 5.74) is 0.801. The van der Waals surface area contributed by atoms with Gasteiger partial charge in [0.2, 0.25) is 4.77 Å². The van der Waals surface area contributed by atoms with Gasteiger partial charge < -0.3 is 9.47 Å². The number of hydrogen-bond acceptors (Lipinski definition) is 5. The zero-order valence-corrected chi connectivity index (χ0v) is 13.3. The van der Waals surface area contributed by atoms with Crippen molar-refractivity contribution in [3.63, 3.8) is 0 Å². The molecule has 7 heteroatoms. The van der Waals surface area contributed by atoms with Crippen LogP contribution in [0.4, 0.5) is 0 Å². The van der Waals surface area contributed by atoms with Gasteiger partial charge in [0, 0.05) is 11.5 Å². The van der Waals surface area contributed by atoms with E-state index < -0.39 is 0 Å². The van der Waals surface area contributed by atoms with Crippen molar-refractivity contribution in [2.24, 2.45) is 5.10 Å². The van der Waals surface area contributed by atoms with Crippen molar-refractivity contribution < 1.29 is 9.47 Å². The summed E-state index contributed by atoms with van der Waals surface area (Å²) in [6, 6.07) is 5.51. The number of aromatic nitrogens is 3. The minimum atomic E-state index is 0.210. The van der Waals surface area contributed by atoms with Crippen LogP contribution in [0.25, 0.3) is 0 Å². The largest absolute Gasteiger partial charge is 0.497 e. The van der Waals surface area contributed by atoms with Crippen molar-refractivity contribution >= 4 is 18.4 Å². The van der Waals surface area contributed by atoms with Crippen LogP contribution in [0.1, 0.15) is 31.2 Å². The van der Waals surface area contributed by atoms with Crippen molar-refractivity contribution in [2.45, 2.75) is 19.8 Å². The topological polar surface area (TPSA) is 64.4 Å². The minimum absolute atomic E-state index is 0.210. The number of H-pyrrole nitrogens is 1. The lowest BCUT2D eigenvalue weighted by Crippen LogP contribution is -2.01. The molecule has 1 aromatic carbocycles. The number of nitrogens with zero attached hydrogens (tertiary/aromatic N) is 3. The van der Waals surface area contributed by atoms with E-state index in [1.807, 2.05) is 32.0 Å². The van der Waals surface area contributed by atoms with Crippen LogP contribution in [-0.2, 0) is 0 Å². The van der Waals surface area contributed by atoms with Gasteiger partial charge in [0.1, 0.15) is 11.5 Å².